The third-order valence-corrected chi connectivity index (χ3v) is 4.52. The van der Waals surface area contributed by atoms with Crippen LogP contribution in [0.25, 0.3) is 11.4 Å². The van der Waals surface area contributed by atoms with E-state index in [9.17, 15) is 9.59 Å². The van der Waals surface area contributed by atoms with Gasteiger partial charge >= 0.3 is 0 Å². The molecule has 1 atom stereocenters. The molecule has 2 aromatic heterocycles. The molecule has 0 radical (unpaired) electrons. The predicted molar refractivity (Wildman–Crippen MR) is 99.3 cm³/mol. The molecule has 3 aromatic rings. The summed E-state index contributed by atoms with van der Waals surface area (Å²) in [4.78, 5) is 35.5. The topological polar surface area (TPSA) is 97.0 Å². The van der Waals surface area contributed by atoms with Crippen LogP contribution in [0.15, 0.2) is 59.8 Å². The van der Waals surface area contributed by atoms with Gasteiger partial charge in [0.2, 0.25) is 0 Å². The number of rotatable bonds is 4. The van der Waals surface area contributed by atoms with Crippen molar-refractivity contribution in [3.63, 3.8) is 0 Å². The van der Waals surface area contributed by atoms with Gasteiger partial charge in [0.1, 0.15) is 17.5 Å². The fourth-order valence-corrected chi connectivity index (χ4v) is 3.13. The molecule has 7 nitrogen and oxygen atoms in total. The van der Waals surface area contributed by atoms with E-state index < -0.39 is 11.5 Å². The van der Waals surface area contributed by atoms with Gasteiger partial charge in [0.05, 0.1) is 6.61 Å². The van der Waals surface area contributed by atoms with Crippen LogP contribution in [-0.2, 0) is 11.2 Å². The summed E-state index contributed by atoms with van der Waals surface area (Å²) in [5.41, 5.74) is 2.44. The van der Waals surface area contributed by atoms with Crippen molar-refractivity contribution in [2.45, 2.75) is 12.5 Å². The molecule has 3 heterocycles. The maximum Gasteiger partial charge on any atom is 0.264 e. The molecule has 27 heavy (non-hydrogen) atoms. The zero-order valence-corrected chi connectivity index (χ0v) is 14.5. The minimum absolute atomic E-state index is 0.0354. The van der Waals surface area contributed by atoms with Crippen LogP contribution in [0.4, 0.5) is 0 Å². The third kappa shape index (κ3) is 3.63. The molecular formula is C20H18N4O3. The summed E-state index contributed by atoms with van der Waals surface area (Å²) in [6.45, 7) is 0.902. The molecule has 7 heteroatoms. The van der Waals surface area contributed by atoms with E-state index in [0.717, 1.165) is 12.0 Å². The minimum Gasteiger partial charge on any atom is -0.371 e. The van der Waals surface area contributed by atoms with Gasteiger partial charge < -0.3 is 15.0 Å². The maximum atomic E-state index is 12.4. The van der Waals surface area contributed by atoms with Crippen LogP contribution in [0.5, 0.6) is 0 Å². The molecule has 0 saturated heterocycles. The number of aromatic nitrogens is 3. The molecule has 1 aromatic carbocycles. The number of nitrogens with zero attached hydrogens (tertiary/aromatic N) is 2. The number of ether oxygens (including phenoxy) is 1. The van der Waals surface area contributed by atoms with E-state index in [0.29, 0.717) is 24.5 Å². The Morgan fingerprint density at radius 1 is 1.22 bits per heavy atom. The average Bonchev–Trinajstić information content (AvgIpc) is 2.72. The van der Waals surface area contributed by atoms with Gasteiger partial charge in [0, 0.05) is 30.7 Å². The lowest BCUT2D eigenvalue weighted by atomic mass is 9.97. The number of hydrogen-bond acceptors (Lipinski definition) is 5. The van der Waals surface area contributed by atoms with Crippen LogP contribution in [0.1, 0.15) is 27.6 Å². The van der Waals surface area contributed by atoms with Gasteiger partial charge in [0.15, 0.2) is 0 Å². The summed E-state index contributed by atoms with van der Waals surface area (Å²) in [5.74, 6) is -0.109. The van der Waals surface area contributed by atoms with Crippen molar-refractivity contribution < 1.29 is 9.53 Å². The molecule has 1 unspecified atom stereocenters. The Labute approximate surface area is 155 Å². The first kappa shape index (κ1) is 17.1. The van der Waals surface area contributed by atoms with Crippen LogP contribution in [0, 0.1) is 0 Å². The monoisotopic (exact) mass is 362 g/mol. The van der Waals surface area contributed by atoms with Crippen LogP contribution < -0.4 is 10.9 Å². The van der Waals surface area contributed by atoms with Crippen molar-refractivity contribution >= 4 is 5.91 Å². The first-order valence-electron chi connectivity index (χ1n) is 8.69. The molecule has 136 valence electrons. The van der Waals surface area contributed by atoms with E-state index in [1.165, 1.54) is 11.8 Å². The Balaban J connectivity index is 1.47. The molecule has 4 rings (SSSR count). The van der Waals surface area contributed by atoms with Crippen molar-refractivity contribution in [2.75, 3.05) is 13.2 Å². The number of pyridine rings is 1. The molecule has 1 aliphatic rings. The number of nitrogens with one attached hydrogen (secondary N) is 2. The number of carbonyl (C=O) groups is 1. The highest BCUT2D eigenvalue weighted by molar-refractivity contribution is 5.93. The second-order valence-corrected chi connectivity index (χ2v) is 6.23. The van der Waals surface area contributed by atoms with Gasteiger partial charge in [-0.3, -0.25) is 14.6 Å². The lowest BCUT2D eigenvalue weighted by molar-refractivity contribution is 0.0411. The van der Waals surface area contributed by atoms with Gasteiger partial charge in [-0.25, -0.2) is 4.98 Å². The smallest absolute Gasteiger partial charge is 0.264 e. The Morgan fingerprint density at radius 2 is 2.11 bits per heavy atom. The Morgan fingerprint density at radius 3 is 2.93 bits per heavy atom. The van der Waals surface area contributed by atoms with Gasteiger partial charge in [-0.15, -0.1) is 0 Å². The molecule has 0 bridgehead atoms. The van der Waals surface area contributed by atoms with Crippen LogP contribution in [0.2, 0.25) is 0 Å². The van der Waals surface area contributed by atoms with Gasteiger partial charge in [-0.05, 0) is 29.7 Å². The van der Waals surface area contributed by atoms with Crippen molar-refractivity contribution in [3.8, 4) is 11.4 Å². The zero-order chi connectivity index (χ0) is 18.6. The first-order valence-corrected chi connectivity index (χ1v) is 8.69. The summed E-state index contributed by atoms with van der Waals surface area (Å²) in [6.07, 6.45) is 5.15. The molecule has 1 amide bonds. The van der Waals surface area contributed by atoms with Crippen molar-refractivity contribution in [1.82, 2.24) is 20.3 Å². The Hall–Kier alpha value is -3.32. The molecule has 2 N–H and O–H groups in total. The number of fused-ring (bicyclic) bond motifs is 1. The summed E-state index contributed by atoms with van der Waals surface area (Å²) >= 11 is 0. The summed E-state index contributed by atoms with van der Waals surface area (Å²) in [6, 6.07) is 11.5. The van der Waals surface area contributed by atoms with Crippen LogP contribution in [-0.4, -0.2) is 34.0 Å². The number of H-pyrrole nitrogens is 1. The van der Waals surface area contributed by atoms with E-state index in [2.05, 4.69) is 26.3 Å². The van der Waals surface area contributed by atoms with Gasteiger partial charge in [0.25, 0.3) is 11.5 Å². The third-order valence-electron chi connectivity index (χ3n) is 4.52. The predicted octanol–water partition coefficient (Wildman–Crippen LogP) is 1.88. The van der Waals surface area contributed by atoms with Crippen molar-refractivity contribution in [1.29, 1.82) is 0 Å². The van der Waals surface area contributed by atoms with E-state index in [4.69, 9.17) is 4.74 Å². The summed E-state index contributed by atoms with van der Waals surface area (Å²) < 4.78 is 5.77. The van der Waals surface area contributed by atoms with E-state index >= 15 is 0 Å². The normalized spacial score (nSPS) is 15.8. The molecule has 1 aliphatic heterocycles. The van der Waals surface area contributed by atoms with Gasteiger partial charge in [-0.2, -0.15) is 0 Å². The van der Waals surface area contributed by atoms with Crippen molar-refractivity contribution in [3.05, 3.63) is 82.0 Å². The van der Waals surface area contributed by atoms with E-state index in [1.807, 2.05) is 18.2 Å². The maximum absolute atomic E-state index is 12.4. The number of amides is 1. The number of aromatic amines is 1. The van der Waals surface area contributed by atoms with E-state index in [1.54, 1.807) is 24.5 Å². The molecule has 0 spiro atoms. The molecule has 0 saturated carbocycles. The lowest BCUT2D eigenvalue weighted by Gasteiger charge is -2.26. The molecular weight excluding hydrogens is 344 g/mol. The zero-order valence-electron chi connectivity index (χ0n) is 14.5. The lowest BCUT2D eigenvalue weighted by Crippen LogP contribution is -2.35. The van der Waals surface area contributed by atoms with E-state index in [-0.39, 0.29) is 11.7 Å². The fraction of sp³-hybridized carbons (Fsp3) is 0.200. The largest absolute Gasteiger partial charge is 0.371 e. The quantitative estimate of drug-likeness (QED) is 0.739. The number of carbonyl (C=O) groups excluding carboxylic acids is 1. The fourth-order valence-electron chi connectivity index (χ4n) is 3.13. The Kier molecular flexibility index (Phi) is 4.76. The SMILES string of the molecule is O=C(NCC1OCCc2ccccc21)c1cnc(-c2cccnc2)[nH]c1=O. The standard InChI is InChI=1S/C20H18N4O3/c25-19(23-12-17-15-6-2-1-4-13(15)7-9-27-17)16-11-22-18(24-20(16)26)14-5-3-8-21-10-14/h1-6,8,10-11,17H,7,9,12H2,(H,23,25)(H,22,24,26). The first-order chi connectivity index (χ1) is 13.2. The minimum atomic E-state index is -0.494. The van der Waals surface area contributed by atoms with Crippen LogP contribution in [0.3, 0.4) is 0 Å². The van der Waals surface area contributed by atoms with Crippen molar-refractivity contribution in [2.24, 2.45) is 0 Å². The molecule has 0 aliphatic carbocycles. The molecule has 0 fully saturated rings. The summed E-state index contributed by atoms with van der Waals surface area (Å²) in [5, 5.41) is 2.77. The highest BCUT2D eigenvalue weighted by Crippen LogP contribution is 2.26. The highest BCUT2D eigenvalue weighted by atomic mass is 16.5. The van der Waals surface area contributed by atoms with Gasteiger partial charge in [-0.1, -0.05) is 24.3 Å². The van der Waals surface area contributed by atoms with Crippen LogP contribution >= 0.6 is 0 Å². The highest BCUT2D eigenvalue weighted by Gasteiger charge is 2.22. The number of hydrogen-bond donors (Lipinski definition) is 2. The number of benzene rings is 1. The Bertz CT molecular complexity index is 1020. The average molecular weight is 362 g/mol. The second-order valence-electron chi connectivity index (χ2n) is 6.23. The second kappa shape index (κ2) is 7.51. The summed E-state index contributed by atoms with van der Waals surface area (Å²) in [7, 11) is 0.